The number of hydrogen-bond donors (Lipinski definition) is 0. The highest BCUT2D eigenvalue weighted by Gasteiger charge is 2.35. The fraction of sp³-hybridized carbons (Fsp3) is 0.238. The molecule has 0 bridgehead atoms. The highest BCUT2D eigenvalue weighted by atomic mass is 32.2. The molecule has 1 fully saturated rings. The maximum atomic E-state index is 12.7. The van der Waals surface area contributed by atoms with E-state index in [0.29, 0.717) is 34.3 Å². The summed E-state index contributed by atoms with van der Waals surface area (Å²) in [6, 6.07) is 13.5. The monoisotopic (exact) mass is 397 g/mol. The Kier molecular flexibility index (Phi) is 5.25. The summed E-state index contributed by atoms with van der Waals surface area (Å²) >= 11 is 0.946. The minimum Gasteiger partial charge on any atom is -0.496 e. The highest BCUT2D eigenvalue weighted by molar-refractivity contribution is 8.18. The van der Waals surface area contributed by atoms with E-state index in [4.69, 9.17) is 14.2 Å². The van der Waals surface area contributed by atoms with Crippen molar-refractivity contribution < 1.29 is 23.8 Å². The summed E-state index contributed by atoms with van der Waals surface area (Å²) in [5.74, 6) is 1.47. The van der Waals surface area contributed by atoms with Gasteiger partial charge in [-0.25, -0.2) is 0 Å². The first-order valence-corrected chi connectivity index (χ1v) is 9.74. The van der Waals surface area contributed by atoms with Gasteiger partial charge in [-0.1, -0.05) is 30.3 Å². The Morgan fingerprint density at radius 1 is 1.14 bits per heavy atom. The number of rotatable bonds is 6. The number of carbonyl (C=O) groups is 2. The zero-order valence-corrected chi connectivity index (χ0v) is 16.2. The lowest BCUT2D eigenvalue weighted by Crippen LogP contribution is -2.29. The average molecular weight is 397 g/mol. The van der Waals surface area contributed by atoms with E-state index in [9.17, 15) is 9.59 Å². The van der Waals surface area contributed by atoms with Crippen LogP contribution in [0.2, 0.25) is 0 Å². The molecule has 2 amide bonds. The van der Waals surface area contributed by atoms with Gasteiger partial charge in [-0.2, -0.15) is 0 Å². The van der Waals surface area contributed by atoms with Gasteiger partial charge in [0.1, 0.15) is 5.75 Å². The maximum Gasteiger partial charge on any atom is 0.293 e. The van der Waals surface area contributed by atoms with Crippen LogP contribution in [0.4, 0.5) is 4.79 Å². The molecular formula is C21H19NO5S. The van der Waals surface area contributed by atoms with Crippen LogP contribution in [0.25, 0.3) is 6.08 Å². The first-order chi connectivity index (χ1) is 13.7. The van der Waals surface area contributed by atoms with Crippen LogP contribution in [0.1, 0.15) is 17.5 Å². The van der Waals surface area contributed by atoms with Crippen molar-refractivity contribution in [3.8, 4) is 17.2 Å². The summed E-state index contributed by atoms with van der Waals surface area (Å²) in [6.07, 6.45) is 3.21. The van der Waals surface area contributed by atoms with Crippen LogP contribution in [-0.4, -0.2) is 36.5 Å². The Morgan fingerprint density at radius 3 is 2.64 bits per heavy atom. The quantitative estimate of drug-likeness (QED) is 0.684. The van der Waals surface area contributed by atoms with Crippen LogP contribution in [0.5, 0.6) is 17.2 Å². The Labute approximate surface area is 167 Å². The van der Waals surface area contributed by atoms with E-state index in [1.165, 1.54) is 10.5 Å². The predicted molar refractivity (Wildman–Crippen MR) is 107 cm³/mol. The van der Waals surface area contributed by atoms with E-state index in [2.05, 4.69) is 0 Å². The Bertz CT molecular complexity index is 941. The first-order valence-electron chi connectivity index (χ1n) is 8.92. The highest BCUT2D eigenvalue weighted by Crippen LogP contribution is 2.40. The molecule has 0 aromatic heterocycles. The average Bonchev–Trinajstić information content (AvgIpc) is 3.27. The number of nitrogens with zero attached hydrogens (tertiary/aromatic N) is 1. The Hall–Kier alpha value is -2.93. The normalized spacial score (nSPS) is 16.9. The molecule has 0 aliphatic carbocycles. The van der Waals surface area contributed by atoms with Gasteiger partial charge in [0.15, 0.2) is 11.5 Å². The van der Waals surface area contributed by atoms with Crippen molar-refractivity contribution >= 4 is 29.0 Å². The van der Waals surface area contributed by atoms with Crippen molar-refractivity contribution in [3.63, 3.8) is 0 Å². The topological polar surface area (TPSA) is 65.1 Å². The van der Waals surface area contributed by atoms with E-state index < -0.39 is 0 Å². The molecule has 7 heteroatoms. The molecule has 144 valence electrons. The number of thioether (sulfide) groups is 1. The summed E-state index contributed by atoms with van der Waals surface area (Å²) in [5, 5.41) is -0.246. The van der Waals surface area contributed by atoms with Gasteiger partial charge in [-0.15, -0.1) is 0 Å². The SMILES string of the molecule is COc1cc2c(cc1C=C1SC(=O)N(CCCc3ccccc3)C1=O)OCO2. The molecule has 28 heavy (non-hydrogen) atoms. The third-order valence-electron chi connectivity index (χ3n) is 4.58. The lowest BCUT2D eigenvalue weighted by atomic mass is 10.1. The van der Waals surface area contributed by atoms with E-state index in [1.807, 2.05) is 30.3 Å². The van der Waals surface area contributed by atoms with Gasteiger partial charge in [0.2, 0.25) is 6.79 Å². The third kappa shape index (κ3) is 3.71. The van der Waals surface area contributed by atoms with Crippen LogP contribution in [-0.2, 0) is 11.2 Å². The summed E-state index contributed by atoms with van der Waals surface area (Å²) in [4.78, 5) is 26.7. The number of hydrogen-bond acceptors (Lipinski definition) is 6. The number of imide groups is 1. The van der Waals surface area contributed by atoms with Gasteiger partial charge in [0.05, 0.1) is 12.0 Å². The molecular weight excluding hydrogens is 378 g/mol. The number of methoxy groups -OCH3 is 1. The van der Waals surface area contributed by atoms with Crippen molar-refractivity contribution in [1.82, 2.24) is 4.90 Å². The van der Waals surface area contributed by atoms with E-state index in [0.717, 1.165) is 24.6 Å². The molecule has 0 atom stereocenters. The maximum absolute atomic E-state index is 12.7. The molecule has 0 N–H and O–H groups in total. The molecule has 4 rings (SSSR count). The number of fused-ring (bicyclic) bond motifs is 1. The summed E-state index contributed by atoms with van der Waals surface area (Å²) in [7, 11) is 1.55. The molecule has 0 spiro atoms. The van der Waals surface area contributed by atoms with Gasteiger partial charge in [-0.05, 0) is 42.3 Å². The predicted octanol–water partition coefficient (Wildman–Crippen LogP) is 4.09. The lowest BCUT2D eigenvalue weighted by molar-refractivity contribution is -0.122. The summed E-state index contributed by atoms with van der Waals surface area (Å²) in [5.41, 5.74) is 1.86. The van der Waals surface area contributed by atoms with Gasteiger partial charge < -0.3 is 14.2 Å². The number of aryl methyl sites for hydroxylation is 1. The molecule has 0 unspecified atom stereocenters. The molecule has 2 aromatic rings. The van der Waals surface area contributed by atoms with Crippen LogP contribution in [0, 0.1) is 0 Å². The van der Waals surface area contributed by atoms with Gasteiger partial charge in [0.25, 0.3) is 11.1 Å². The van der Waals surface area contributed by atoms with Crippen molar-refractivity contribution in [1.29, 1.82) is 0 Å². The fourth-order valence-corrected chi connectivity index (χ4v) is 4.00. The van der Waals surface area contributed by atoms with Gasteiger partial charge >= 0.3 is 0 Å². The molecule has 0 radical (unpaired) electrons. The van der Waals surface area contributed by atoms with Gasteiger partial charge in [-0.3, -0.25) is 14.5 Å². The minimum absolute atomic E-state index is 0.153. The number of carbonyl (C=O) groups excluding carboxylic acids is 2. The van der Waals surface area contributed by atoms with Crippen molar-refractivity contribution in [2.75, 3.05) is 20.4 Å². The van der Waals surface area contributed by atoms with Crippen LogP contribution < -0.4 is 14.2 Å². The smallest absolute Gasteiger partial charge is 0.293 e. The number of ether oxygens (including phenoxy) is 3. The molecule has 2 aliphatic rings. The second-order valence-electron chi connectivity index (χ2n) is 6.37. The van der Waals surface area contributed by atoms with Crippen LogP contribution in [0.15, 0.2) is 47.4 Å². The standard InChI is InChI=1S/C21H19NO5S/c1-25-16-12-18-17(26-13-27-18)10-15(16)11-19-20(23)22(21(24)28-19)9-5-8-14-6-3-2-4-7-14/h2-4,6-7,10-12H,5,8-9,13H2,1H3. The Morgan fingerprint density at radius 2 is 1.89 bits per heavy atom. The molecule has 0 saturated carbocycles. The fourth-order valence-electron chi connectivity index (χ4n) is 3.15. The van der Waals surface area contributed by atoms with E-state index in [1.54, 1.807) is 25.3 Å². The second-order valence-corrected chi connectivity index (χ2v) is 7.36. The van der Waals surface area contributed by atoms with Crippen molar-refractivity contribution in [3.05, 3.63) is 58.5 Å². The first kappa shape index (κ1) is 18.4. The zero-order valence-electron chi connectivity index (χ0n) is 15.3. The lowest BCUT2D eigenvalue weighted by Gasteiger charge is -2.12. The second kappa shape index (κ2) is 7.98. The third-order valence-corrected chi connectivity index (χ3v) is 5.48. The molecule has 1 saturated heterocycles. The zero-order chi connectivity index (χ0) is 19.5. The number of amides is 2. The summed E-state index contributed by atoms with van der Waals surface area (Å²) in [6.45, 7) is 0.551. The van der Waals surface area contributed by atoms with Crippen LogP contribution >= 0.6 is 11.8 Å². The minimum atomic E-state index is -0.275. The van der Waals surface area contributed by atoms with Crippen LogP contribution in [0.3, 0.4) is 0 Å². The largest absolute Gasteiger partial charge is 0.496 e. The van der Waals surface area contributed by atoms with Gasteiger partial charge in [0, 0.05) is 18.2 Å². The molecule has 2 heterocycles. The molecule has 6 nitrogen and oxygen atoms in total. The molecule has 2 aromatic carbocycles. The number of benzene rings is 2. The van der Waals surface area contributed by atoms with Crippen molar-refractivity contribution in [2.24, 2.45) is 0 Å². The molecule has 2 aliphatic heterocycles. The van der Waals surface area contributed by atoms with E-state index >= 15 is 0 Å². The Balaban J connectivity index is 1.48. The van der Waals surface area contributed by atoms with Crippen molar-refractivity contribution in [2.45, 2.75) is 12.8 Å². The summed E-state index contributed by atoms with van der Waals surface area (Å²) < 4.78 is 16.1. The van der Waals surface area contributed by atoms with E-state index in [-0.39, 0.29) is 17.9 Å².